The smallest absolute Gasteiger partial charge is 0.272 e. The molecule has 0 N–H and O–H groups in total. The summed E-state index contributed by atoms with van der Waals surface area (Å²) in [6.07, 6.45) is 2.60. The summed E-state index contributed by atoms with van der Waals surface area (Å²) in [7, 11) is 0. The minimum absolute atomic E-state index is 0.0710. The number of fused-ring (bicyclic) bond motifs is 2. The van der Waals surface area contributed by atoms with Crippen LogP contribution in [-0.2, 0) is 24.3 Å². The van der Waals surface area contributed by atoms with Crippen molar-refractivity contribution in [2.75, 3.05) is 12.3 Å². The molecule has 0 radical (unpaired) electrons. The van der Waals surface area contributed by atoms with Crippen molar-refractivity contribution < 1.29 is 4.79 Å². The predicted octanol–water partition coefficient (Wildman–Crippen LogP) is 5.05. The molecule has 0 aliphatic carbocycles. The zero-order valence-electron chi connectivity index (χ0n) is 17.3. The van der Waals surface area contributed by atoms with Gasteiger partial charge in [0.25, 0.3) is 5.56 Å². The summed E-state index contributed by atoms with van der Waals surface area (Å²) in [5.41, 5.74) is 2.90. The number of benzene rings is 1. The number of aromatic nitrogens is 2. The maximum atomic E-state index is 13.2. The van der Waals surface area contributed by atoms with E-state index in [2.05, 4.69) is 18.0 Å². The largest absolute Gasteiger partial charge is 0.337 e. The van der Waals surface area contributed by atoms with E-state index in [-0.39, 0.29) is 17.2 Å². The van der Waals surface area contributed by atoms with Crippen LogP contribution in [0.2, 0.25) is 0 Å². The minimum Gasteiger partial charge on any atom is -0.337 e. The molecule has 0 fully saturated rings. The lowest BCUT2D eigenvalue weighted by atomic mass is 10.1. The molecular formula is C24H21N3O2S3. The molecule has 0 saturated carbocycles. The first-order valence-corrected chi connectivity index (χ1v) is 13.0. The molecule has 5 nitrogen and oxygen atoms in total. The van der Waals surface area contributed by atoms with Crippen molar-refractivity contribution in [3.8, 4) is 10.4 Å². The van der Waals surface area contributed by atoms with Gasteiger partial charge in [0.2, 0.25) is 5.91 Å². The Morgan fingerprint density at radius 3 is 2.91 bits per heavy atom. The Hall–Kier alpha value is -2.68. The molecule has 0 atom stereocenters. The van der Waals surface area contributed by atoms with E-state index in [0.717, 1.165) is 23.4 Å². The molecule has 1 aliphatic heterocycles. The zero-order valence-corrected chi connectivity index (χ0v) is 19.8. The number of carbonyl (C=O) groups excluding carboxylic acids is 1. The van der Waals surface area contributed by atoms with Gasteiger partial charge in [-0.2, -0.15) is 0 Å². The second kappa shape index (κ2) is 9.05. The van der Waals surface area contributed by atoms with E-state index in [9.17, 15) is 9.59 Å². The second-order valence-corrected chi connectivity index (χ2v) is 10.5. The fourth-order valence-corrected chi connectivity index (χ4v) is 6.67. The topological polar surface area (TPSA) is 55.2 Å². The van der Waals surface area contributed by atoms with Gasteiger partial charge in [0.05, 0.1) is 11.3 Å². The summed E-state index contributed by atoms with van der Waals surface area (Å²) >= 11 is 4.54. The molecule has 32 heavy (non-hydrogen) atoms. The highest BCUT2D eigenvalue weighted by Gasteiger charge is 2.22. The van der Waals surface area contributed by atoms with Crippen molar-refractivity contribution >= 4 is 50.6 Å². The van der Waals surface area contributed by atoms with E-state index < -0.39 is 0 Å². The number of allylic oxidation sites excluding steroid dienone is 1. The fourth-order valence-electron chi connectivity index (χ4n) is 3.81. The van der Waals surface area contributed by atoms with Gasteiger partial charge in [-0.15, -0.1) is 29.3 Å². The Kier molecular flexibility index (Phi) is 5.99. The van der Waals surface area contributed by atoms with Crippen LogP contribution in [0.1, 0.15) is 10.4 Å². The molecule has 1 aromatic carbocycles. The van der Waals surface area contributed by atoms with E-state index in [0.29, 0.717) is 28.5 Å². The van der Waals surface area contributed by atoms with Gasteiger partial charge >= 0.3 is 0 Å². The summed E-state index contributed by atoms with van der Waals surface area (Å²) < 4.78 is 2.24. The first-order chi connectivity index (χ1) is 15.6. The third kappa shape index (κ3) is 4.05. The Morgan fingerprint density at radius 2 is 2.09 bits per heavy atom. The molecule has 0 saturated heterocycles. The van der Waals surface area contributed by atoms with Crippen molar-refractivity contribution in [3.05, 3.63) is 81.3 Å². The number of carbonyl (C=O) groups is 1. The summed E-state index contributed by atoms with van der Waals surface area (Å²) in [5, 5.41) is 2.65. The van der Waals surface area contributed by atoms with Gasteiger partial charge in [0, 0.05) is 29.4 Å². The lowest BCUT2D eigenvalue weighted by Crippen LogP contribution is -2.36. The third-order valence-corrected chi connectivity index (χ3v) is 8.60. The number of amides is 1. The SMILES string of the molecule is C=CCn1c(SCC(=O)N2CCc3sccc3C2)nc2cc(-c3ccccc3)sc2c1=O. The highest BCUT2D eigenvalue weighted by molar-refractivity contribution is 7.99. The van der Waals surface area contributed by atoms with Crippen molar-refractivity contribution in [1.82, 2.24) is 14.5 Å². The minimum atomic E-state index is -0.0853. The average molecular weight is 480 g/mol. The second-order valence-electron chi connectivity index (χ2n) is 7.51. The normalized spacial score (nSPS) is 13.3. The first kappa shape index (κ1) is 21.2. The van der Waals surface area contributed by atoms with E-state index in [4.69, 9.17) is 4.98 Å². The van der Waals surface area contributed by atoms with Crippen LogP contribution in [0.15, 0.2) is 70.5 Å². The highest BCUT2D eigenvalue weighted by atomic mass is 32.2. The molecule has 1 aliphatic rings. The van der Waals surface area contributed by atoms with E-state index in [1.54, 1.807) is 22.0 Å². The van der Waals surface area contributed by atoms with Crippen LogP contribution in [0.5, 0.6) is 0 Å². The lowest BCUT2D eigenvalue weighted by molar-refractivity contribution is -0.129. The molecule has 4 aromatic rings. The Labute approximate surface area is 198 Å². The van der Waals surface area contributed by atoms with Crippen molar-refractivity contribution in [1.29, 1.82) is 0 Å². The summed E-state index contributed by atoms with van der Waals surface area (Å²) in [6.45, 7) is 5.55. The lowest BCUT2D eigenvalue weighted by Gasteiger charge is -2.27. The maximum Gasteiger partial charge on any atom is 0.272 e. The standard InChI is InChI=1S/C24H21N3O2S3/c1-2-10-27-23(29)22-18(13-20(32-22)16-6-4-3-5-7-16)25-24(27)31-15-21(28)26-11-8-19-17(14-26)9-12-30-19/h2-7,9,12-13H,1,8,10-11,14-15H2. The van der Waals surface area contributed by atoms with Gasteiger partial charge in [-0.25, -0.2) is 4.98 Å². The van der Waals surface area contributed by atoms with E-state index >= 15 is 0 Å². The number of thiophene rings is 2. The van der Waals surface area contributed by atoms with Crippen LogP contribution >= 0.6 is 34.4 Å². The summed E-state index contributed by atoms with van der Waals surface area (Å²) in [4.78, 5) is 35.1. The van der Waals surface area contributed by atoms with Crippen LogP contribution in [0.4, 0.5) is 0 Å². The molecule has 4 heterocycles. The molecule has 3 aromatic heterocycles. The van der Waals surface area contributed by atoms with Crippen LogP contribution in [0, 0.1) is 0 Å². The average Bonchev–Trinajstić information content (AvgIpc) is 3.47. The number of hydrogen-bond acceptors (Lipinski definition) is 6. The quantitative estimate of drug-likeness (QED) is 0.221. The fraction of sp³-hybridized carbons (Fsp3) is 0.208. The molecule has 5 rings (SSSR count). The van der Waals surface area contributed by atoms with Gasteiger partial charge < -0.3 is 4.90 Å². The molecule has 162 valence electrons. The van der Waals surface area contributed by atoms with Gasteiger partial charge in [0.15, 0.2) is 5.16 Å². The number of rotatable bonds is 6. The molecular weight excluding hydrogens is 458 g/mol. The molecule has 1 amide bonds. The number of hydrogen-bond donors (Lipinski definition) is 0. The van der Waals surface area contributed by atoms with Crippen LogP contribution < -0.4 is 5.56 Å². The van der Waals surface area contributed by atoms with Crippen LogP contribution in [-0.4, -0.2) is 32.7 Å². The third-order valence-electron chi connectivity index (χ3n) is 5.45. The summed E-state index contributed by atoms with van der Waals surface area (Å²) in [5.74, 6) is 0.325. The Morgan fingerprint density at radius 1 is 1.25 bits per heavy atom. The van der Waals surface area contributed by atoms with Gasteiger partial charge in [-0.3, -0.25) is 14.2 Å². The Bertz CT molecular complexity index is 1350. The van der Waals surface area contributed by atoms with Crippen molar-refractivity contribution in [2.45, 2.75) is 24.7 Å². The van der Waals surface area contributed by atoms with E-state index in [1.165, 1.54) is 33.5 Å². The van der Waals surface area contributed by atoms with Crippen molar-refractivity contribution in [3.63, 3.8) is 0 Å². The molecule has 0 unspecified atom stereocenters. The highest BCUT2D eigenvalue weighted by Crippen LogP contribution is 2.32. The molecule has 0 spiro atoms. The predicted molar refractivity (Wildman–Crippen MR) is 134 cm³/mol. The first-order valence-electron chi connectivity index (χ1n) is 10.3. The molecule has 8 heteroatoms. The number of thioether (sulfide) groups is 1. The van der Waals surface area contributed by atoms with Gasteiger partial charge in [-0.1, -0.05) is 48.2 Å². The van der Waals surface area contributed by atoms with Crippen LogP contribution in [0.3, 0.4) is 0 Å². The Balaban J connectivity index is 1.41. The molecule has 0 bridgehead atoms. The van der Waals surface area contributed by atoms with Crippen molar-refractivity contribution in [2.24, 2.45) is 0 Å². The van der Waals surface area contributed by atoms with Gasteiger partial charge in [0.1, 0.15) is 4.70 Å². The monoisotopic (exact) mass is 479 g/mol. The van der Waals surface area contributed by atoms with Crippen LogP contribution in [0.25, 0.3) is 20.7 Å². The zero-order chi connectivity index (χ0) is 22.1. The van der Waals surface area contributed by atoms with Gasteiger partial charge in [-0.05, 0) is 35.1 Å². The number of nitrogens with zero attached hydrogens (tertiary/aromatic N) is 3. The van der Waals surface area contributed by atoms with E-state index in [1.807, 2.05) is 41.3 Å². The maximum absolute atomic E-state index is 13.2. The summed E-state index contributed by atoms with van der Waals surface area (Å²) in [6, 6.07) is 14.1.